The number of ether oxygens (including phenoxy) is 2. The third kappa shape index (κ3) is 3.61. The van der Waals surface area contributed by atoms with Crippen molar-refractivity contribution < 1.29 is 9.47 Å². The summed E-state index contributed by atoms with van der Waals surface area (Å²) in [6.07, 6.45) is 3.31. The lowest BCUT2D eigenvalue weighted by atomic mass is 9.77. The zero-order valence-electron chi connectivity index (χ0n) is 19.3. The first-order chi connectivity index (χ1) is 16.7. The van der Waals surface area contributed by atoms with Gasteiger partial charge in [-0.3, -0.25) is 0 Å². The molecule has 2 heterocycles. The van der Waals surface area contributed by atoms with Crippen molar-refractivity contribution in [2.45, 2.75) is 5.54 Å². The molecule has 0 spiro atoms. The predicted molar refractivity (Wildman–Crippen MR) is 132 cm³/mol. The lowest BCUT2D eigenvalue weighted by molar-refractivity contribution is 0.414. The Hall–Kier alpha value is -4.39. The average molecular weight is 452 g/mol. The van der Waals surface area contributed by atoms with Gasteiger partial charge in [0.15, 0.2) is 11.5 Å². The minimum atomic E-state index is -0.779. The molecule has 0 atom stereocenters. The molecular weight excluding hydrogens is 426 g/mol. The highest BCUT2D eigenvalue weighted by Crippen LogP contribution is 2.41. The molecule has 0 saturated heterocycles. The zero-order chi connectivity index (χ0) is 23.5. The second-order valence-electron chi connectivity index (χ2n) is 7.95. The van der Waals surface area contributed by atoms with E-state index in [0.717, 1.165) is 33.8 Å². The Morgan fingerprint density at radius 1 is 0.706 bits per heavy atom. The monoisotopic (exact) mass is 451 g/mol. The maximum absolute atomic E-state index is 5.43. The predicted octanol–water partition coefficient (Wildman–Crippen LogP) is 4.78. The number of imidazole rings is 1. The van der Waals surface area contributed by atoms with Crippen LogP contribution in [0.25, 0.3) is 11.2 Å². The zero-order valence-corrected chi connectivity index (χ0v) is 19.3. The van der Waals surface area contributed by atoms with Crippen LogP contribution in [-0.4, -0.2) is 33.7 Å². The van der Waals surface area contributed by atoms with Crippen molar-refractivity contribution in [3.8, 4) is 11.5 Å². The van der Waals surface area contributed by atoms with Gasteiger partial charge < -0.3 is 19.4 Å². The number of nitrogens with zero attached hydrogens (tertiary/aromatic N) is 4. The molecule has 0 aliphatic rings. The van der Waals surface area contributed by atoms with E-state index in [1.807, 2.05) is 54.1 Å². The molecule has 0 unspecified atom stereocenters. The molecule has 170 valence electrons. The lowest BCUT2D eigenvalue weighted by Crippen LogP contribution is -2.38. The number of rotatable bonds is 7. The van der Waals surface area contributed by atoms with E-state index in [9.17, 15) is 0 Å². The fourth-order valence-electron chi connectivity index (χ4n) is 4.30. The van der Waals surface area contributed by atoms with Gasteiger partial charge in [-0.25, -0.2) is 15.0 Å². The van der Waals surface area contributed by atoms with Crippen molar-refractivity contribution in [3.05, 3.63) is 108 Å². The van der Waals surface area contributed by atoms with Crippen molar-refractivity contribution in [3.63, 3.8) is 0 Å². The number of fused-ring (bicyclic) bond motifs is 1. The van der Waals surface area contributed by atoms with Gasteiger partial charge in [0.25, 0.3) is 0 Å². The lowest BCUT2D eigenvalue weighted by Gasteiger charge is -2.37. The summed E-state index contributed by atoms with van der Waals surface area (Å²) in [5.74, 6) is 2.21. The molecule has 0 amide bonds. The standard InChI is InChI=1S/C27H25N5O2/c1-32-18-30-24-25(28-17-29-26(24)32)31-27(19-7-5-4-6-8-19,20-9-13-22(33-2)14-10-20)21-11-15-23(34-3)16-12-21/h4-18H,1-3H3,(H,28,29,31). The molecule has 0 aliphatic carbocycles. The largest absolute Gasteiger partial charge is 0.497 e. The van der Waals surface area contributed by atoms with Crippen LogP contribution in [0.3, 0.4) is 0 Å². The summed E-state index contributed by atoms with van der Waals surface area (Å²) < 4.78 is 12.7. The average Bonchev–Trinajstić information content (AvgIpc) is 3.29. The highest BCUT2D eigenvalue weighted by atomic mass is 16.5. The van der Waals surface area contributed by atoms with Gasteiger partial charge in [-0.2, -0.15) is 0 Å². The number of hydrogen-bond donors (Lipinski definition) is 1. The number of aromatic nitrogens is 4. The number of methoxy groups -OCH3 is 2. The van der Waals surface area contributed by atoms with Gasteiger partial charge in [0.2, 0.25) is 0 Å². The molecule has 0 saturated carbocycles. The van der Waals surface area contributed by atoms with E-state index in [1.165, 1.54) is 0 Å². The molecule has 0 aliphatic heterocycles. The molecule has 34 heavy (non-hydrogen) atoms. The van der Waals surface area contributed by atoms with Gasteiger partial charge in [-0.1, -0.05) is 54.6 Å². The van der Waals surface area contributed by atoms with Crippen molar-refractivity contribution in [2.24, 2.45) is 7.05 Å². The summed E-state index contributed by atoms with van der Waals surface area (Å²) in [6, 6.07) is 26.4. The number of anilines is 1. The summed E-state index contributed by atoms with van der Waals surface area (Å²) in [4.78, 5) is 13.6. The fourth-order valence-corrected chi connectivity index (χ4v) is 4.30. The normalized spacial score (nSPS) is 11.4. The number of aryl methyl sites for hydroxylation is 1. The van der Waals surface area contributed by atoms with E-state index >= 15 is 0 Å². The van der Waals surface area contributed by atoms with Gasteiger partial charge in [0.1, 0.15) is 28.9 Å². The van der Waals surface area contributed by atoms with Gasteiger partial charge in [-0.05, 0) is 41.0 Å². The van der Waals surface area contributed by atoms with E-state index in [4.69, 9.17) is 9.47 Å². The minimum Gasteiger partial charge on any atom is -0.497 e. The third-order valence-electron chi connectivity index (χ3n) is 6.06. The first kappa shape index (κ1) is 21.5. The third-order valence-corrected chi connectivity index (χ3v) is 6.06. The van der Waals surface area contributed by atoms with Crippen LogP contribution in [0.1, 0.15) is 16.7 Å². The first-order valence-electron chi connectivity index (χ1n) is 10.9. The minimum absolute atomic E-state index is 0.640. The Morgan fingerprint density at radius 3 is 1.82 bits per heavy atom. The molecule has 2 aromatic heterocycles. The molecule has 5 rings (SSSR count). The van der Waals surface area contributed by atoms with E-state index in [2.05, 4.69) is 56.7 Å². The molecule has 7 heteroatoms. The van der Waals surface area contributed by atoms with E-state index in [-0.39, 0.29) is 0 Å². The smallest absolute Gasteiger partial charge is 0.165 e. The van der Waals surface area contributed by atoms with Crippen LogP contribution < -0.4 is 14.8 Å². The maximum atomic E-state index is 5.43. The van der Waals surface area contributed by atoms with E-state index in [1.54, 1.807) is 26.9 Å². The Labute approximate surface area is 198 Å². The molecule has 0 fully saturated rings. The fraction of sp³-hybridized carbons (Fsp3) is 0.148. The molecular formula is C27H25N5O2. The highest BCUT2D eigenvalue weighted by molar-refractivity contribution is 5.84. The van der Waals surface area contributed by atoms with Crippen LogP contribution in [-0.2, 0) is 12.6 Å². The Morgan fingerprint density at radius 2 is 1.26 bits per heavy atom. The van der Waals surface area contributed by atoms with Crippen LogP contribution in [0.5, 0.6) is 11.5 Å². The number of nitrogens with one attached hydrogen (secondary N) is 1. The molecule has 0 radical (unpaired) electrons. The van der Waals surface area contributed by atoms with Crippen LogP contribution >= 0.6 is 0 Å². The molecule has 5 aromatic rings. The van der Waals surface area contributed by atoms with Crippen LogP contribution in [0, 0.1) is 0 Å². The Balaban J connectivity index is 1.80. The SMILES string of the molecule is COc1ccc(C(Nc2ncnc3c2ncn3C)(c2ccccc2)c2ccc(OC)cc2)cc1. The van der Waals surface area contributed by atoms with E-state index in [0.29, 0.717) is 11.3 Å². The van der Waals surface area contributed by atoms with Crippen LogP contribution in [0.2, 0.25) is 0 Å². The second-order valence-corrected chi connectivity index (χ2v) is 7.95. The Kier molecular flexibility index (Phi) is 5.59. The summed E-state index contributed by atoms with van der Waals surface area (Å²) in [5, 5.41) is 3.76. The first-order valence-corrected chi connectivity index (χ1v) is 10.9. The topological polar surface area (TPSA) is 74.1 Å². The summed E-state index contributed by atoms with van der Waals surface area (Å²) in [5.41, 5.74) is 3.77. The van der Waals surface area contributed by atoms with Crippen molar-refractivity contribution in [1.29, 1.82) is 0 Å². The molecule has 1 N–H and O–H groups in total. The summed E-state index contributed by atoms with van der Waals surface area (Å²) in [6.45, 7) is 0. The quantitative estimate of drug-likeness (QED) is 0.359. The van der Waals surface area contributed by atoms with Gasteiger partial charge in [0, 0.05) is 7.05 Å². The summed E-state index contributed by atoms with van der Waals surface area (Å²) in [7, 11) is 5.25. The summed E-state index contributed by atoms with van der Waals surface area (Å²) >= 11 is 0. The highest BCUT2D eigenvalue weighted by Gasteiger charge is 2.37. The number of benzene rings is 3. The van der Waals surface area contributed by atoms with Crippen molar-refractivity contribution in [2.75, 3.05) is 19.5 Å². The van der Waals surface area contributed by atoms with Crippen LogP contribution in [0.4, 0.5) is 5.82 Å². The molecule has 7 nitrogen and oxygen atoms in total. The van der Waals surface area contributed by atoms with Crippen molar-refractivity contribution >= 4 is 17.0 Å². The number of hydrogen-bond acceptors (Lipinski definition) is 6. The van der Waals surface area contributed by atoms with E-state index < -0.39 is 5.54 Å². The van der Waals surface area contributed by atoms with Gasteiger partial charge in [-0.15, -0.1) is 0 Å². The van der Waals surface area contributed by atoms with Gasteiger partial charge in [0.05, 0.1) is 20.5 Å². The molecule has 3 aromatic carbocycles. The molecule has 0 bridgehead atoms. The van der Waals surface area contributed by atoms with Crippen molar-refractivity contribution in [1.82, 2.24) is 19.5 Å². The second kappa shape index (κ2) is 8.86. The maximum Gasteiger partial charge on any atom is 0.165 e. The van der Waals surface area contributed by atoms with Crippen LogP contribution in [0.15, 0.2) is 91.5 Å². The van der Waals surface area contributed by atoms with Gasteiger partial charge >= 0.3 is 0 Å². The Bertz CT molecular complexity index is 1350.